The number of carbonyl (C=O) groups is 1. The van der Waals surface area contributed by atoms with Crippen molar-refractivity contribution in [3.05, 3.63) is 58.5 Å². The number of aromatic nitrogens is 2. The lowest BCUT2D eigenvalue weighted by Gasteiger charge is -2.08. The van der Waals surface area contributed by atoms with Gasteiger partial charge in [0.05, 0.1) is 22.5 Å². The first-order valence-corrected chi connectivity index (χ1v) is 10.5. The molecule has 0 aliphatic heterocycles. The first-order chi connectivity index (χ1) is 12.5. The monoisotopic (exact) mass is 391 g/mol. The Morgan fingerprint density at radius 3 is 2.73 bits per heavy atom. The van der Waals surface area contributed by atoms with E-state index in [0.29, 0.717) is 10.2 Å². The van der Waals surface area contributed by atoms with E-state index in [4.69, 9.17) is 0 Å². The van der Waals surface area contributed by atoms with E-state index in [-0.39, 0.29) is 41.6 Å². The van der Waals surface area contributed by atoms with Crippen LogP contribution >= 0.6 is 11.3 Å². The Morgan fingerprint density at radius 1 is 1.19 bits per heavy atom. The first kappa shape index (κ1) is 18.3. The lowest BCUT2D eigenvalue weighted by molar-refractivity contribution is -0.120. The van der Waals surface area contributed by atoms with Gasteiger partial charge in [0.1, 0.15) is 4.70 Å². The first-order valence-electron chi connectivity index (χ1n) is 7.94. The Kier molecular flexibility index (Phi) is 5.48. The summed E-state index contributed by atoms with van der Waals surface area (Å²) < 4.78 is 26.3. The van der Waals surface area contributed by atoms with Crippen LogP contribution in [-0.4, -0.2) is 36.2 Å². The largest absolute Gasteiger partial charge is 0.354 e. The molecule has 1 amide bonds. The van der Waals surface area contributed by atoms with Crippen LogP contribution in [0.3, 0.4) is 0 Å². The van der Waals surface area contributed by atoms with Crippen LogP contribution in [0.4, 0.5) is 0 Å². The minimum Gasteiger partial charge on any atom is -0.354 e. The van der Waals surface area contributed by atoms with E-state index in [9.17, 15) is 18.0 Å². The van der Waals surface area contributed by atoms with Gasteiger partial charge >= 0.3 is 0 Å². The summed E-state index contributed by atoms with van der Waals surface area (Å²) in [7, 11) is -3.48. The molecule has 0 aliphatic rings. The standard InChI is InChI=1S/C17H17N3O4S2/c21-15(7-11-26(23,24)13-4-2-1-3-5-13)18-8-9-20-12-19-14-6-10-25-16(14)17(20)22/h1-6,10,12H,7-9,11H2,(H,18,21). The van der Waals surface area contributed by atoms with Crippen molar-refractivity contribution in [3.8, 4) is 0 Å². The third-order valence-corrected chi connectivity index (χ3v) is 6.43. The molecule has 0 saturated carbocycles. The van der Waals surface area contributed by atoms with Crippen LogP contribution in [0.25, 0.3) is 10.2 Å². The molecule has 2 heterocycles. The molecule has 3 rings (SSSR count). The Balaban J connectivity index is 1.51. The lowest BCUT2D eigenvalue weighted by atomic mass is 10.4. The van der Waals surface area contributed by atoms with Crippen molar-refractivity contribution in [2.75, 3.05) is 12.3 Å². The topological polar surface area (TPSA) is 98.1 Å². The molecule has 0 unspecified atom stereocenters. The molecule has 0 fully saturated rings. The second-order valence-corrected chi connectivity index (χ2v) is 8.64. The number of nitrogens with one attached hydrogen (secondary N) is 1. The molecule has 9 heteroatoms. The number of carbonyl (C=O) groups excluding carboxylic acids is 1. The van der Waals surface area contributed by atoms with Crippen LogP contribution < -0.4 is 10.9 Å². The summed E-state index contributed by atoms with van der Waals surface area (Å²) in [5.41, 5.74) is 0.511. The highest BCUT2D eigenvalue weighted by Crippen LogP contribution is 2.13. The second-order valence-electron chi connectivity index (χ2n) is 5.61. The molecule has 0 saturated heterocycles. The fourth-order valence-electron chi connectivity index (χ4n) is 2.42. The van der Waals surface area contributed by atoms with Gasteiger partial charge in [-0.2, -0.15) is 0 Å². The smallest absolute Gasteiger partial charge is 0.271 e. The van der Waals surface area contributed by atoms with Gasteiger partial charge in [-0.1, -0.05) is 18.2 Å². The fourth-order valence-corrected chi connectivity index (χ4v) is 4.47. The number of nitrogens with zero attached hydrogens (tertiary/aromatic N) is 2. The maximum atomic E-state index is 12.2. The highest BCUT2D eigenvalue weighted by Gasteiger charge is 2.15. The lowest BCUT2D eigenvalue weighted by Crippen LogP contribution is -2.31. The van der Waals surface area contributed by atoms with Gasteiger partial charge in [-0.25, -0.2) is 13.4 Å². The summed E-state index contributed by atoms with van der Waals surface area (Å²) in [6, 6.07) is 9.81. The number of sulfone groups is 1. The van der Waals surface area contributed by atoms with E-state index in [2.05, 4.69) is 10.3 Å². The number of hydrogen-bond donors (Lipinski definition) is 1. The van der Waals surface area contributed by atoms with Crippen molar-refractivity contribution in [1.82, 2.24) is 14.9 Å². The predicted octanol–water partition coefficient (Wildman–Crippen LogP) is 1.44. The van der Waals surface area contributed by atoms with E-state index < -0.39 is 9.84 Å². The van der Waals surface area contributed by atoms with Crippen LogP contribution in [0.1, 0.15) is 6.42 Å². The van der Waals surface area contributed by atoms with Crippen molar-refractivity contribution < 1.29 is 13.2 Å². The van der Waals surface area contributed by atoms with Gasteiger partial charge in [0, 0.05) is 19.5 Å². The zero-order chi connectivity index (χ0) is 18.6. The number of benzene rings is 1. The molecular weight excluding hydrogens is 374 g/mol. The summed E-state index contributed by atoms with van der Waals surface area (Å²) in [6.45, 7) is 0.500. The van der Waals surface area contributed by atoms with Crippen LogP contribution in [0, 0.1) is 0 Å². The summed E-state index contributed by atoms with van der Waals surface area (Å²) >= 11 is 1.33. The van der Waals surface area contributed by atoms with Crippen LogP contribution in [-0.2, 0) is 21.2 Å². The predicted molar refractivity (Wildman–Crippen MR) is 100 cm³/mol. The zero-order valence-corrected chi connectivity index (χ0v) is 15.4. The number of amides is 1. The molecule has 7 nitrogen and oxygen atoms in total. The Bertz CT molecular complexity index is 1070. The number of hydrogen-bond acceptors (Lipinski definition) is 6. The molecule has 0 radical (unpaired) electrons. The molecule has 3 aromatic rings. The SMILES string of the molecule is O=C(CCS(=O)(=O)c1ccccc1)NCCn1cnc2ccsc2c1=O. The van der Waals surface area contributed by atoms with Gasteiger partial charge in [-0.3, -0.25) is 14.2 Å². The molecular formula is C17H17N3O4S2. The average molecular weight is 391 g/mol. The summed E-state index contributed by atoms with van der Waals surface area (Å²) in [4.78, 5) is 28.5. The maximum absolute atomic E-state index is 12.2. The van der Waals surface area contributed by atoms with Gasteiger partial charge in [0.25, 0.3) is 5.56 Å². The summed E-state index contributed by atoms with van der Waals surface area (Å²) in [5, 5.41) is 4.44. The Morgan fingerprint density at radius 2 is 1.96 bits per heavy atom. The van der Waals surface area contributed by atoms with Crippen molar-refractivity contribution in [1.29, 1.82) is 0 Å². The van der Waals surface area contributed by atoms with Crippen molar-refractivity contribution in [2.24, 2.45) is 0 Å². The van der Waals surface area contributed by atoms with Gasteiger partial charge in [-0.15, -0.1) is 11.3 Å². The highest BCUT2D eigenvalue weighted by atomic mass is 32.2. The number of fused-ring (bicyclic) bond motifs is 1. The highest BCUT2D eigenvalue weighted by molar-refractivity contribution is 7.91. The molecule has 136 valence electrons. The molecule has 0 spiro atoms. The third-order valence-electron chi connectivity index (χ3n) is 3.81. The van der Waals surface area contributed by atoms with E-state index in [1.165, 1.54) is 34.4 Å². The Hall–Kier alpha value is -2.52. The van der Waals surface area contributed by atoms with Crippen LogP contribution in [0.15, 0.2) is 57.8 Å². The van der Waals surface area contributed by atoms with Gasteiger partial charge in [-0.05, 0) is 23.6 Å². The second kappa shape index (κ2) is 7.79. The minimum atomic E-state index is -3.48. The normalized spacial score (nSPS) is 11.5. The van der Waals surface area contributed by atoms with Gasteiger partial charge in [0.15, 0.2) is 9.84 Å². The van der Waals surface area contributed by atoms with Crippen LogP contribution in [0.5, 0.6) is 0 Å². The van der Waals surface area contributed by atoms with Crippen LogP contribution in [0.2, 0.25) is 0 Å². The third kappa shape index (κ3) is 4.17. The van der Waals surface area contributed by atoms with Gasteiger partial charge < -0.3 is 5.32 Å². The molecule has 0 bridgehead atoms. The van der Waals surface area contributed by atoms with E-state index in [1.54, 1.807) is 29.6 Å². The van der Waals surface area contributed by atoms with Crippen molar-refractivity contribution >= 4 is 37.3 Å². The average Bonchev–Trinajstić information content (AvgIpc) is 3.12. The van der Waals surface area contributed by atoms with E-state index in [0.717, 1.165) is 0 Å². The quantitative estimate of drug-likeness (QED) is 0.657. The molecule has 1 N–H and O–H groups in total. The van der Waals surface area contributed by atoms with Crippen molar-refractivity contribution in [3.63, 3.8) is 0 Å². The summed E-state index contributed by atoms with van der Waals surface area (Å²) in [5.74, 6) is -0.631. The van der Waals surface area contributed by atoms with E-state index >= 15 is 0 Å². The number of rotatable bonds is 7. The summed E-state index contributed by atoms with van der Waals surface area (Å²) in [6.07, 6.45) is 1.32. The maximum Gasteiger partial charge on any atom is 0.271 e. The molecule has 1 aromatic carbocycles. The molecule has 2 aromatic heterocycles. The molecule has 0 atom stereocenters. The molecule has 0 aliphatic carbocycles. The minimum absolute atomic E-state index is 0.131. The van der Waals surface area contributed by atoms with Gasteiger partial charge in [0.2, 0.25) is 5.91 Å². The Labute approximate surface area is 154 Å². The fraction of sp³-hybridized carbons (Fsp3) is 0.235. The zero-order valence-electron chi connectivity index (χ0n) is 13.8. The van der Waals surface area contributed by atoms with E-state index in [1.807, 2.05) is 0 Å². The number of thiophene rings is 1. The van der Waals surface area contributed by atoms with Crippen molar-refractivity contribution in [2.45, 2.75) is 17.9 Å². The molecule has 26 heavy (non-hydrogen) atoms.